The van der Waals surface area contributed by atoms with Gasteiger partial charge in [0, 0.05) is 5.41 Å². The Balaban J connectivity index is 2.25. The first-order valence-electron chi connectivity index (χ1n) is 6.03. The SMILES string of the molecule is CC1(C)C2=C(CCCC2)c2ccccc21. The number of fused-ring (bicyclic) bond motifs is 2. The molecular formula is C15H18. The second kappa shape index (κ2) is 2.98. The summed E-state index contributed by atoms with van der Waals surface area (Å²) in [5.41, 5.74) is 6.78. The lowest BCUT2D eigenvalue weighted by molar-refractivity contribution is 0.574. The van der Waals surface area contributed by atoms with Crippen LogP contribution in [0.3, 0.4) is 0 Å². The van der Waals surface area contributed by atoms with Gasteiger partial charge in [-0.05, 0) is 42.4 Å². The fraction of sp³-hybridized carbons (Fsp3) is 0.467. The van der Waals surface area contributed by atoms with Crippen LogP contribution in [0.5, 0.6) is 0 Å². The molecule has 2 aliphatic carbocycles. The highest BCUT2D eigenvalue weighted by molar-refractivity contribution is 5.80. The van der Waals surface area contributed by atoms with Crippen LogP contribution in [0.2, 0.25) is 0 Å². The summed E-state index contributed by atoms with van der Waals surface area (Å²) in [6, 6.07) is 8.98. The van der Waals surface area contributed by atoms with Crippen molar-refractivity contribution >= 4 is 5.57 Å². The number of allylic oxidation sites excluding steroid dienone is 2. The molecule has 0 fully saturated rings. The zero-order valence-electron chi connectivity index (χ0n) is 9.64. The van der Waals surface area contributed by atoms with Gasteiger partial charge in [-0.1, -0.05) is 43.7 Å². The molecule has 2 aliphatic rings. The first-order valence-corrected chi connectivity index (χ1v) is 6.03. The molecule has 0 spiro atoms. The van der Waals surface area contributed by atoms with Gasteiger partial charge in [-0.3, -0.25) is 0 Å². The van der Waals surface area contributed by atoms with Crippen LogP contribution in [0.25, 0.3) is 5.57 Å². The molecule has 3 rings (SSSR count). The van der Waals surface area contributed by atoms with E-state index < -0.39 is 0 Å². The molecule has 0 unspecified atom stereocenters. The third-order valence-corrected chi connectivity index (χ3v) is 4.15. The minimum atomic E-state index is 0.298. The van der Waals surface area contributed by atoms with Crippen LogP contribution in [-0.4, -0.2) is 0 Å². The molecule has 0 heterocycles. The van der Waals surface area contributed by atoms with Gasteiger partial charge in [0.15, 0.2) is 0 Å². The normalized spacial score (nSPS) is 22.5. The Morgan fingerprint density at radius 1 is 1.00 bits per heavy atom. The summed E-state index contributed by atoms with van der Waals surface area (Å²) in [6.07, 6.45) is 5.38. The first-order chi connectivity index (χ1) is 7.21. The molecule has 0 N–H and O–H groups in total. The summed E-state index contributed by atoms with van der Waals surface area (Å²) in [7, 11) is 0. The highest BCUT2D eigenvalue weighted by Crippen LogP contribution is 2.51. The summed E-state index contributed by atoms with van der Waals surface area (Å²) in [5.74, 6) is 0. The molecule has 1 aromatic rings. The van der Waals surface area contributed by atoms with Crippen molar-refractivity contribution in [2.45, 2.75) is 44.9 Å². The Kier molecular flexibility index (Phi) is 1.83. The van der Waals surface area contributed by atoms with Crippen LogP contribution in [0.15, 0.2) is 29.8 Å². The van der Waals surface area contributed by atoms with Crippen LogP contribution in [0.1, 0.15) is 50.7 Å². The quantitative estimate of drug-likeness (QED) is 0.583. The number of hydrogen-bond acceptors (Lipinski definition) is 0. The van der Waals surface area contributed by atoms with Gasteiger partial charge >= 0.3 is 0 Å². The molecule has 0 radical (unpaired) electrons. The molecule has 0 aliphatic heterocycles. The van der Waals surface area contributed by atoms with Gasteiger partial charge < -0.3 is 0 Å². The topological polar surface area (TPSA) is 0 Å². The van der Waals surface area contributed by atoms with E-state index in [2.05, 4.69) is 38.1 Å². The Morgan fingerprint density at radius 3 is 2.60 bits per heavy atom. The standard InChI is InChI=1S/C15H18/c1-15(2)13-9-5-3-7-11(13)12-8-4-6-10-14(12)15/h3,5,7,9H,4,6,8,10H2,1-2H3. The average Bonchev–Trinajstić information content (AvgIpc) is 2.51. The predicted octanol–water partition coefficient (Wildman–Crippen LogP) is 4.31. The summed E-state index contributed by atoms with van der Waals surface area (Å²) in [4.78, 5) is 0. The van der Waals surface area contributed by atoms with Gasteiger partial charge in [0.1, 0.15) is 0 Å². The van der Waals surface area contributed by atoms with Crippen LogP contribution in [0, 0.1) is 0 Å². The minimum Gasteiger partial charge on any atom is -0.0619 e. The molecule has 0 nitrogen and oxygen atoms in total. The van der Waals surface area contributed by atoms with Crippen molar-refractivity contribution in [1.82, 2.24) is 0 Å². The molecule has 0 atom stereocenters. The Morgan fingerprint density at radius 2 is 1.73 bits per heavy atom. The summed E-state index contributed by atoms with van der Waals surface area (Å²) in [6.45, 7) is 4.78. The fourth-order valence-corrected chi connectivity index (χ4v) is 3.35. The van der Waals surface area contributed by atoms with Crippen molar-refractivity contribution in [3.05, 3.63) is 41.0 Å². The number of rotatable bonds is 0. The van der Waals surface area contributed by atoms with Crippen LogP contribution < -0.4 is 0 Å². The second-order valence-corrected chi connectivity index (χ2v) is 5.33. The zero-order chi connectivity index (χ0) is 10.5. The fourth-order valence-electron chi connectivity index (χ4n) is 3.35. The summed E-state index contributed by atoms with van der Waals surface area (Å²) in [5, 5.41) is 0. The monoisotopic (exact) mass is 198 g/mol. The molecule has 0 amide bonds. The van der Waals surface area contributed by atoms with Gasteiger partial charge in [0.2, 0.25) is 0 Å². The number of benzene rings is 1. The molecule has 15 heavy (non-hydrogen) atoms. The van der Waals surface area contributed by atoms with E-state index in [1.807, 2.05) is 0 Å². The third-order valence-electron chi connectivity index (χ3n) is 4.15. The van der Waals surface area contributed by atoms with Crippen molar-refractivity contribution in [2.24, 2.45) is 0 Å². The van der Waals surface area contributed by atoms with E-state index in [-0.39, 0.29) is 0 Å². The lowest BCUT2D eigenvalue weighted by Gasteiger charge is -2.26. The van der Waals surface area contributed by atoms with E-state index >= 15 is 0 Å². The lowest BCUT2D eigenvalue weighted by atomic mass is 9.78. The van der Waals surface area contributed by atoms with E-state index in [0.29, 0.717) is 5.41 Å². The maximum absolute atomic E-state index is 2.39. The molecule has 0 saturated heterocycles. The van der Waals surface area contributed by atoms with Crippen molar-refractivity contribution < 1.29 is 0 Å². The highest BCUT2D eigenvalue weighted by Gasteiger charge is 2.37. The number of hydrogen-bond donors (Lipinski definition) is 0. The van der Waals surface area contributed by atoms with Gasteiger partial charge in [-0.15, -0.1) is 0 Å². The smallest absolute Gasteiger partial charge is 0.0117 e. The van der Waals surface area contributed by atoms with Gasteiger partial charge in [0.25, 0.3) is 0 Å². The minimum absolute atomic E-state index is 0.298. The van der Waals surface area contributed by atoms with Crippen molar-refractivity contribution in [3.63, 3.8) is 0 Å². The van der Waals surface area contributed by atoms with Gasteiger partial charge in [0.05, 0.1) is 0 Å². The average molecular weight is 198 g/mol. The maximum Gasteiger partial charge on any atom is 0.0117 e. The van der Waals surface area contributed by atoms with E-state index in [9.17, 15) is 0 Å². The Labute approximate surface area is 92.0 Å². The van der Waals surface area contributed by atoms with E-state index in [1.54, 1.807) is 16.7 Å². The van der Waals surface area contributed by atoms with E-state index in [1.165, 1.54) is 31.2 Å². The molecule has 0 heteroatoms. The van der Waals surface area contributed by atoms with Crippen LogP contribution >= 0.6 is 0 Å². The van der Waals surface area contributed by atoms with Crippen molar-refractivity contribution in [3.8, 4) is 0 Å². The lowest BCUT2D eigenvalue weighted by Crippen LogP contribution is -2.18. The van der Waals surface area contributed by atoms with Crippen molar-refractivity contribution in [2.75, 3.05) is 0 Å². The molecule has 78 valence electrons. The Bertz CT molecular complexity index is 435. The largest absolute Gasteiger partial charge is 0.0619 e. The third kappa shape index (κ3) is 1.14. The van der Waals surface area contributed by atoms with Crippen LogP contribution in [-0.2, 0) is 5.41 Å². The van der Waals surface area contributed by atoms with Crippen molar-refractivity contribution in [1.29, 1.82) is 0 Å². The van der Waals surface area contributed by atoms with Gasteiger partial charge in [-0.2, -0.15) is 0 Å². The highest BCUT2D eigenvalue weighted by atomic mass is 14.4. The van der Waals surface area contributed by atoms with Gasteiger partial charge in [-0.25, -0.2) is 0 Å². The van der Waals surface area contributed by atoms with E-state index in [0.717, 1.165) is 0 Å². The Hall–Kier alpha value is -1.04. The maximum atomic E-state index is 2.39. The molecule has 1 aromatic carbocycles. The molecule has 0 saturated carbocycles. The molecular weight excluding hydrogens is 180 g/mol. The molecule has 0 aromatic heterocycles. The zero-order valence-corrected chi connectivity index (χ0v) is 9.64. The first kappa shape index (κ1) is 9.21. The second-order valence-electron chi connectivity index (χ2n) is 5.33. The molecule has 0 bridgehead atoms. The summed E-state index contributed by atoms with van der Waals surface area (Å²) < 4.78 is 0. The predicted molar refractivity (Wildman–Crippen MR) is 64.9 cm³/mol. The summed E-state index contributed by atoms with van der Waals surface area (Å²) >= 11 is 0. The van der Waals surface area contributed by atoms with Crippen LogP contribution in [0.4, 0.5) is 0 Å². The van der Waals surface area contributed by atoms with E-state index in [4.69, 9.17) is 0 Å².